The van der Waals surface area contributed by atoms with Crippen LogP contribution in [-0.4, -0.2) is 45.6 Å². The molecule has 3 unspecified atom stereocenters. The minimum absolute atomic E-state index is 0.00168. The van der Waals surface area contributed by atoms with Crippen LogP contribution in [0.5, 0.6) is 0 Å². The number of nitrogens with zero attached hydrogens (tertiary/aromatic N) is 1. The van der Waals surface area contributed by atoms with E-state index < -0.39 is 22.9 Å². The van der Waals surface area contributed by atoms with Crippen LogP contribution >= 0.6 is 23.2 Å². The molecule has 1 saturated heterocycles. The van der Waals surface area contributed by atoms with Gasteiger partial charge in [0.15, 0.2) is 0 Å². The lowest BCUT2D eigenvalue weighted by atomic mass is 9.55. The van der Waals surface area contributed by atoms with Gasteiger partial charge >= 0.3 is 0 Å². The number of anilines is 1. The van der Waals surface area contributed by atoms with Crippen molar-refractivity contribution < 1.29 is 14.7 Å². The van der Waals surface area contributed by atoms with Crippen molar-refractivity contribution in [1.29, 1.82) is 0 Å². The van der Waals surface area contributed by atoms with Crippen LogP contribution in [-0.2, 0) is 15.0 Å². The number of rotatable bonds is 3. The molecule has 2 amide bonds. The number of aromatic nitrogens is 1. The molecule has 196 valence electrons. The maximum Gasteiger partial charge on any atom is 0.238 e. The molecule has 9 heteroatoms. The second-order valence-corrected chi connectivity index (χ2v) is 12.0. The summed E-state index contributed by atoms with van der Waals surface area (Å²) in [6, 6.07) is 6.75. The number of hydrogen-bond donors (Lipinski definition) is 4. The molecular formula is C28H32Cl2N4O3. The van der Waals surface area contributed by atoms with Gasteiger partial charge in [0, 0.05) is 40.6 Å². The summed E-state index contributed by atoms with van der Waals surface area (Å²) < 4.78 is 0. The van der Waals surface area contributed by atoms with E-state index in [1.54, 1.807) is 18.5 Å². The van der Waals surface area contributed by atoms with Gasteiger partial charge in [-0.2, -0.15) is 0 Å². The fraction of sp³-hybridized carbons (Fsp3) is 0.536. The minimum Gasteiger partial charge on any atom is -0.393 e. The van der Waals surface area contributed by atoms with E-state index in [1.165, 1.54) is 0 Å². The summed E-state index contributed by atoms with van der Waals surface area (Å²) in [4.78, 5) is 32.7. The zero-order valence-corrected chi connectivity index (χ0v) is 22.1. The highest BCUT2D eigenvalue weighted by atomic mass is 35.5. The molecule has 2 spiro atoms. The van der Waals surface area contributed by atoms with Gasteiger partial charge in [-0.05, 0) is 67.9 Å². The van der Waals surface area contributed by atoms with Gasteiger partial charge in [-0.1, -0.05) is 48.5 Å². The number of fused-ring (bicyclic) bond motifs is 3. The fourth-order valence-electron chi connectivity index (χ4n) is 7.60. The Labute approximate surface area is 226 Å². The third-order valence-corrected chi connectivity index (χ3v) is 9.56. The van der Waals surface area contributed by atoms with E-state index in [0.717, 1.165) is 56.1 Å². The summed E-state index contributed by atoms with van der Waals surface area (Å²) in [5.74, 6) is -0.753. The van der Waals surface area contributed by atoms with Gasteiger partial charge < -0.3 is 15.7 Å². The smallest absolute Gasteiger partial charge is 0.238 e. The van der Waals surface area contributed by atoms with Gasteiger partial charge in [-0.25, -0.2) is 0 Å². The van der Waals surface area contributed by atoms with E-state index in [0.29, 0.717) is 28.6 Å². The van der Waals surface area contributed by atoms with E-state index >= 15 is 0 Å². The monoisotopic (exact) mass is 542 g/mol. The zero-order valence-electron chi connectivity index (χ0n) is 20.6. The number of carbonyl (C=O) groups is 2. The van der Waals surface area contributed by atoms with E-state index in [-0.39, 0.29) is 24.0 Å². The second-order valence-electron chi connectivity index (χ2n) is 11.1. The highest BCUT2D eigenvalue weighted by Crippen LogP contribution is 2.62. The predicted molar refractivity (Wildman–Crippen MR) is 143 cm³/mol. The van der Waals surface area contributed by atoms with E-state index in [9.17, 15) is 14.7 Å². The normalized spacial score (nSPS) is 32.4. The second kappa shape index (κ2) is 9.53. The zero-order chi connectivity index (χ0) is 25.8. The minimum atomic E-state index is -1.02. The molecule has 2 saturated carbocycles. The topological polar surface area (TPSA) is 103 Å². The Morgan fingerprint density at radius 3 is 2.51 bits per heavy atom. The first-order valence-corrected chi connectivity index (χ1v) is 14.1. The third-order valence-electron chi connectivity index (χ3n) is 9.12. The summed E-state index contributed by atoms with van der Waals surface area (Å²) in [5, 5.41) is 21.1. The summed E-state index contributed by atoms with van der Waals surface area (Å²) in [7, 11) is 0. The Hall–Kier alpha value is -2.19. The molecule has 1 aromatic heterocycles. The molecule has 2 aliphatic heterocycles. The molecular weight excluding hydrogens is 511 g/mol. The van der Waals surface area contributed by atoms with Crippen LogP contribution in [0.1, 0.15) is 74.8 Å². The lowest BCUT2D eigenvalue weighted by molar-refractivity contribution is -0.124. The van der Waals surface area contributed by atoms with Crippen LogP contribution in [0.3, 0.4) is 0 Å². The molecule has 7 nitrogen and oxygen atoms in total. The Bertz CT molecular complexity index is 1230. The summed E-state index contributed by atoms with van der Waals surface area (Å²) >= 11 is 12.8. The number of benzene rings is 1. The summed E-state index contributed by atoms with van der Waals surface area (Å²) in [5.41, 5.74) is 0.708. The van der Waals surface area contributed by atoms with Crippen LogP contribution < -0.4 is 16.0 Å². The lowest BCUT2D eigenvalue weighted by Gasteiger charge is -2.47. The first-order valence-electron chi connectivity index (χ1n) is 13.3. The van der Waals surface area contributed by atoms with Crippen molar-refractivity contribution in [3.05, 3.63) is 57.8 Å². The standard InChI is InChI=1S/C28H32Cl2N4O3/c29-17-4-9-21-22(13-17)33-26(37)28(21)23(16-12-18(30)15-31-14-16)24(34-27(28)10-2-1-3-11-27)25(36)32-19-5-7-20(35)8-6-19/h4,9,12-15,19-20,23-24,34-35H,1-3,5-8,10-11H2,(H,32,36)(H,33,37). The average Bonchev–Trinajstić information content (AvgIpc) is 3.33. The molecule has 2 aromatic rings. The molecule has 2 aliphatic carbocycles. The molecule has 0 bridgehead atoms. The molecule has 37 heavy (non-hydrogen) atoms. The molecule has 3 heterocycles. The molecule has 3 atom stereocenters. The number of halogens is 2. The van der Waals surface area contributed by atoms with Crippen molar-refractivity contribution >= 4 is 40.7 Å². The Morgan fingerprint density at radius 1 is 1.03 bits per heavy atom. The number of amides is 2. The highest BCUT2D eigenvalue weighted by molar-refractivity contribution is 6.31. The number of hydrogen-bond acceptors (Lipinski definition) is 5. The predicted octanol–water partition coefficient (Wildman–Crippen LogP) is 4.46. The summed E-state index contributed by atoms with van der Waals surface area (Å²) in [6.45, 7) is 0. The third kappa shape index (κ3) is 3.97. The van der Waals surface area contributed by atoms with Crippen LogP contribution in [0.4, 0.5) is 5.69 Å². The van der Waals surface area contributed by atoms with Gasteiger partial charge in [0.2, 0.25) is 11.8 Å². The van der Waals surface area contributed by atoms with Crippen molar-refractivity contribution in [2.75, 3.05) is 5.32 Å². The van der Waals surface area contributed by atoms with E-state index in [4.69, 9.17) is 23.2 Å². The SMILES string of the molecule is O=C(NC1CCC(O)CC1)C1NC2(CCCCC2)C2(C(=O)Nc3cc(Cl)ccc32)C1c1cncc(Cl)c1. The average molecular weight is 543 g/mol. The van der Waals surface area contributed by atoms with Gasteiger partial charge in [0.05, 0.1) is 17.2 Å². The van der Waals surface area contributed by atoms with E-state index in [1.807, 2.05) is 18.2 Å². The molecule has 1 aromatic carbocycles. The van der Waals surface area contributed by atoms with Crippen molar-refractivity contribution in [2.24, 2.45) is 0 Å². The van der Waals surface area contributed by atoms with Gasteiger partial charge in [0.1, 0.15) is 5.41 Å². The Kier molecular flexibility index (Phi) is 6.46. The molecule has 4 aliphatic rings. The molecule has 6 rings (SSSR count). The van der Waals surface area contributed by atoms with Gasteiger partial charge in [-0.15, -0.1) is 0 Å². The first kappa shape index (κ1) is 25.1. The number of carbonyl (C=O) groups excluding carboxylic acids is 2. The Balaban J connectivity index is 1.51. The number of aliphatic hydroxyl groups excluding tert-OH is 1. The maximum atomic E-state index is 14.3. The lowest BCUT2D eigenvalue weighted by Crippen LogP contribution is -2.60. The quantitative estimate of drug-likeness (QED) is 0.458. The largest absolute Gasteiger partial charge is 0.393 e. The van der Waals surface area contributed by atoms with E-state index in [2.05, 4.69) is 20.9 Å². The van der Waals surface area contributed by atoms with Crippen LogP contribution in [0.25, 0.3) is 0 Å². The molecule has 3 fully saturated rings. The van der Waals surface area contributed by atoms with Crippen molar-refractivity contribution in [3.8, 4) is 0 Å². The van der Waals surface area contributed by atoms with Crippen molar-refractivity contribution in [1.82, 2.24) is 15.6 Å². The maximum absolute atomic E-state index is 14.3. The van der Waals surface area contributed by atoms with Gasteiger partial charge in [0.25, 0.3) is 0 Å². The molecule has 4 N–H and O–H groups in total. The summed E-state index contributed by atoms with van der Waals surface area (Å²) in [6.07, 6.45) is 10.4. The van der Waals surface area contributed by atoms with Crippen molar-refractivity contribution in [3.63, 3.8) is 0 Å². The Morgan fingerprint density at radius 2 is 1.78 bits per heavy atom. The fourth-order valence-corrected chi connectivity index (χ4v) is 7.95. The van der Waals surface area contributed by atoms with Crippen LogP contribution in [0.2, 0.25) is 10.0 Å². The van der Waals surface area contributed by atoms with Gasteiger partial charge in [-0.3, -0.25) is 19.9 Å². The number of aliphatic hydroxyl groups is 1. The van der Waals surface area contributed by atoms with Crippen molar-refractivity contribution in [2.45, 2.75) is 92.8 Å². The number of pyridine rings is 1. The molecule has 0 radical (unpaired) electrons. The van der Waals surface area contributed by atoms with Crippen LogP contribution in [0.15, 0.2) is 36.7 Å². The highest BCUT2D eigenvalue weighted by Gasteiger charge is 2.72. The van der Waals surface area contributed by atoms with Crippen LogP contribution in [0, 0.1) is 0 Å². The first-order chi connectivity index (χ1) is 17.8. The number of nitrogens with one attached hydrogen (secondary N) is 3.